The van der Waals surface area contributed by atoms with Crippen LogP contribution in [0.1, 0.15) is 44.2 Å². The molecule has 1 aromatic carbocycles. The van der Waals surface area contributed by atoms with Gasteiger partial charge in [-0.15, -0.1) is 11.8 Å². The third-order valence-corrected chi connectivity index (χ3v) is 4.66. The summed E-state index contributed by atoms with van der Waals surface area (Å²) in [5.41, 5.74) is 7.53. The van der Waals surface area contributed by atoms with Gasteiger partial charge in [0.05, 0.1) is 6.04 Å². The standard InChI is InChI=1S/C16H24N2OS/c1-3-11-18-15(19)6-4-5-14(17)16(18)12-7-9-13(20-2)10-8-12/h7-10,14,16H,3-6,11,17H2,1-2H3. The number of thioether (sulfide) groups is 1. The fourth-order valence-electron chi connectivity index (χ4n) is 2.91. The van der Waals surface area contributed by atoms with Crippen molar-refractivity contribution in [3.8, 4) is 0 Å². The molecule has 1 aliphatic rings. The summed E-state index contributed by atoms with van der Waals surface area (Å²) in [6.45, 7) is 2.90. The molecule has 110 valence electrons. The highest BCUT2D eigenvalue weighted by atomic mass is 32.2. The number of nitrogens with two attached hydrogens (primary N) is 1. The Morgan fingerprint density at radius 2 is 2.05 bits per heavy atom. The number of benzene rings is 1. The first-order valence-corrected chi connectivity index (χ1v) is 8.58. The molecule has 1 aliphatic heterocycles. The molecule has 2 atom stereocenters. The minimum Gasteiger partial charge on any atom is -0.334 e. The monoisotopic (exact) mass is 292 g/mol. The Bertz CT molecular complexity index is 446. The Balaban J connectivity index is 2.32. The van der Waals surface area contributed by atoms with E-state index in [-0.39, 0.29) is 18.0 Å². The van der Waals surface area contributed by atoms with Gasteiger partial charge in [0.1, 0.15) is 0 Å². The summed E-state index contributed by atoms with van der Waals surface area (Å²) < 4.78 is 0. The zero-order valence-corrected chi connectivity index (χ0v) is 13.2. The van der Waals surface area contributed by atoms with Gasteiger partial charge in [0.25, 0.3) is 0 Å². The summed E-state index contributed by atoms with van der Waals surface area (Å²) in [6.07, 6.45) is 5.49. The van der Waals surface area contributed by atoms with Gasteiger partial charge in [-0.05, 0) is 43.2 Å². The van der Waals surface area contributed by atoms with Crippen LogP contribution >= 0.6 is 11.8 Å². The summed E-state index contributed by atoms with van der Waals surface area (Å²) in [5.74, 6) is 0.249. The van der Waals surface area contributed by atoms with E-state index < -0.39 is 0 Å². The molecule has 0 bridgehead atoms. The number of hydrogen-bond acceptors (Lipinski definition) is 3. The van der Waals surface area contributed by atoms with E-state index in [1.807, 2.05) is 4.90 Å². The van der Waals surface area contributed by atoms with Crippen LogP contribution in [0, 0.1) is 0 Å². The quantitative estimate of drug-likeness (QED) is 0.867. The lowest BCUT2D eigenvalue weighted by Gasteiger charge is -2.34. The molecule has 0 radical (unpaired) electrons. The van der Waals surface area contributed by atoms with E-state index in [0.29, 0.717) is 6.42 Å². The van der Waals surface area contributed by atoms with Crippen LogP contribution in [0.2, 0.25) is 0 Å². The number of hydrogen-bond donors (Lipinski definition) is 1. The second-order valence-corrected chi connectivity index (χ2v) is 6.24. The van der Waals surface area contributed by atoms with E-state index in [9.17, 15) is 4.79 Å². The maximum Gasteiger partial charge on any atom is 0.223 e. The Morgan fingerprint density at radius 1 is 1.35 bits per heavy atom. The molecule has 0 spiro atoms. The molecule has 1 aromatic rings. The lowest BCUT2D eigenvalue weighted by molar-refractivity contribution is -0.133. The number of amides is 1. The Labute approximate surface area is 125 Å². The van der Waals surface area contributed by atoms with Crippen LogP contribution in [0.5, 0.6) is 0 Å². The van der Waals surface area contributed by atoms with E-state index in [2.05, 4.69) is 37.4 Å². The normalized spacial score (nSPS) is 23.8. The van der Waals surface area contributed by atoms with Crippen LogP contribution in [0.3, 0.4) is 0 Å². The van der Waals surface area contributed by atoms with E-state index in [1.165, 1.54) is 10.5 Å². The van der Waals surface area contributed by atoms with E-state index in [1.54, 1.807) is 11.8 Å². The molecule has 0 aliphatic carbocycles. The molecular weight excluding hydrogens is 268 g/mol. The predicted octanol–water partition coefficient (Wildman–Crippen LogP) is 3.20. The summed E-state index contributed by atoms with van der Waals surface area (Å²) in [6, 6.07) is 8.54. The molecular formula is C16H24N2OS. The molecule has 2 N–H and O–H groups in total. The second-order valence-electron chi connectivity index (χ2n) is 5.36. The Morgan fingerprint density at radius 3 is 2.65 bits per heavy atom. The fraction of sp³-hybridized carbons (Fsp3) is 0.562. The number of carbonyl (C=O) groups excluding carboxylic acids is 1. The number of likely N-dealkylation sites (tertiary alicyclic amines) is 1. The van der Waals surface area contributed by atoms with Gasteiger partial charge < -0.3 is 10.6 Å². The van der Waals surface area contributed by atoms with Crippen LogP contribution in [0.15, 0.2) is 29.2 Å². The zero-order valence-electron chi connectivity index (χ0n) is 12.3. The summed E-state index contributed by atoms with van der Waals surface area (Å²) in [4.78, 5) is 15.6. The van der Waals surface area contributed by atoms with E-state index >= 15 is 0 Å². The van der Waals surface area contributed by atoms with Gasteiger partial charge in [0, 0.05) is 23.9 Å². The molecule has 20 heavy (non-hydrogen) atoms. The second kappa shape index (κ2) is 7.14. The average molecular weight is 292 g/mol. The van der Waals surface area contributed by atoms with Crippen molar-refractivity contribution in [2.45, 2.75) is 49.6 Å². The maximum absolute atomic E-state index is 12.3. The molecule has 2 rings (SSSR count). The molecule has 3 nitrogen and oxygen atoms in total. The molecule has 2 unspecified atom stereocenters. The maximum atomic E-state index is 12.3. The minimum atomic E-state index is 0.0286. The van der Waals surface area contributed by atoms with Gasteiger partial charge in [0.15, 0.2) is 0 Å². The topological polar surface area (TPSA) is 46.3 Å². The highest BCUT2D eigenvalue weighted by Gasteiger charge is 2.32. The van der Waals surface area contributed by atoms with E-state index in [4.69, 9.17) is 5.73 Å². The van der Waals surface area contributed by atoms with Crippen molar-refractivity contribution in [1.82, 2.24) is 4.90 Å². The first-order valence-electron chi connectivity index (χ1n) is 7.36. The van der Waals surface area contributed by atoms with Gasteiger partial charge in [-0.25, -0.2) is 0 Å². The van der Waals surface area contributed by atoms with Gasteiger partial charge in [0.2, 0.25) is 5.91 Å². The summed E-state index contributed by atoms with van der Waals surface area (Å²) in [7, 11) is 0. The van der Waals surface area contributed by atoms with Crippen molar-refractivity contribution in [3.05, 3.63) is 29.8 Å². The zero-order chi connectivity index (χ0) is 14.5. The van der Waals surface area contributed by atoms with Crippen molar-refractivity contribution < 1.29 is 4.79 Å². The van der Waals surface area contributed by atoms with Crippen molar-refractivity contribution in [3.63, 3.8) is 0 Å². The first-order chi connectivity index (χ1) is 9.67. The number of carbonyl (C=O) groups is 1. The molecule has 1 heterocycles. The van der Waals surface area contributed by atoms with Crippen molar-refractivity contribution in [2.75, 3.05) is 12.8 Å². The lowest BCUT2D eigenvalue weighted by Crippen LogP contribution is -2.42. The minimum absolute atomic E-state index is 0.0286. The fourth-order valence-corrected chi connectivity index (χ4v) is 3.32. The molecule has 1 amide bonds. The third-order valence-electron chi connectivity index (χ3n) is 3.91. The van der Waals surface area contributed by atoms with Crippen LogP contribution in [-0.2, 0) is 4.79 Å². The average Bonchev–Trinajstić information content (AvgIpc) is 2.59. The van der Waals surface area contributed by atoms with Crippen LogP contribution in [0.4, 0.5) is 0 Å². The molecule has 0 aromatic heterocycles. The van der Waals surface area contributed by atoms with Gasteiger partial charge in [-0.3, -0.25) is 4.79 Å². The van der Waals surface area contributed by atoms with Crippen LogP contribution in [0.25, 0.3) is 0 Å². The molecule has 0 saturated carbocycles. The summed E-state index contributed by atoms with van der Waals surface area (Å²) >= 11 is 1.73. The van der Waals surface area contributed by atoms with E-state index in [0.717, 1.165) is 25.8 Å². The lowest BCUT2D eigenvalue weighted by atomic mass is 9.96. The van der Waals surface area contributed by atoms with Crippen molar-refractivity contribution in [2.24, 2.45) is 5.73 Å². The third kappa shape index (κ3) is 3.36. The van der Waals surface area contributed by atoms with Crippen LogP contribution in [-0.4, -0.2) is 29.6 Å². The first kappa shape index (κ1) is 15.4. The SMILES string of the molecule is CCCN1C(=O)CCCC(N)C1c1ccc(SC)cc1. The Hall–Kier alpha value is -1.00. The van der Waals surface area contributed by atoms with Crippen molar-refractivity contribution >= 4 is 17.7 Å². The summed E-state index contributed by atoms with van der Waals surface area (Å²) in [5, 5.41) is 0. The number of nitrogens with zero attached hydrogens (tertiary/aromatic N) is 1. The van der Waals surface area contributed by atoms with Crippen molar-refractivity contribution in [1.29, 1.82) is 0 Å². The van der Waals surface area contributed by atoms with Gasteiger partial charge in [-0.2, -0.15) is 0 Å². The molecule has 4 heteroatoms. The largest absolute Gasteiger partial charge is 0.334 e. The number of rotatable bonds is 4. The highest BCUT2D eigenvalue weighted by molar-refractivity contribution is 7.98. The predicted molar refractivity (Wildman–Crippen MR) is 84.8 cm³/mol. The smallest absolute Gasteiger partial charge is 0.223 e. The van der Waals surface area contributed by atoms with Crippen LogP contribution < -0.4 is 5.73 Å². The van der Waals surface area contributed by atoms with Gasteiger partial charge in [-0.1, -0.05) is 19.1 Å². The highest BCUT2D eigenvalue weighted by Crippen LogP contribution is 2.31. The van der Waals surface area contributed by atoms with Gasteiger partial charge >= 0.3 is 0 Å². The molecule has 1 saturated heterocycles. The Kier molecular flexibility index (Phi) is 5.49. The molecule has 1 fully saturated rings.